The smallest absolute Gasteiger partial charge is 0.346 e. The largest absolute Gasteiger partial charge is 0.370 e. The number of hydrogen-bond acceptors (Lipinski definition) is 12. The summed E-state index contributed by atoms with van der Waals surface area (Å²) in [7, 11) is -3.39. The van der Waals surface area contributed by atoms with Gasteiger partial charge >= 0.3 is 5.96 Å². The second-order valence-corrected chi connectivity index (χ2v) is 12.3. The lowest BCUT2D eigenvalue weighted by Gasteiger charge is -2.44. The minimum Gasteiger partial charge on any atom is -0.370 e. The summed E-state index contributed by atoms with van der Waals surface area (Å²) < 4.78 is 25.7. The number of nitrogens with two attached hydrogens (primary N) is 2. The van der Waals surface area contributed by atoms with Crippen LogP contribution >= 0.6 is 0 Å². The van der Waals surface area contributed by atoms with Crippen LogP contribution < -0.4 is 27.4 Å². The number of hydrogen-bond donors (Lipinski definition) is 7. The fourth-order valence-corrected chi connectivity index (χ4v) is 7.85. The topological polar surface area (TPSA) is 233 Å². The number of amides is 3. The monoisotopic (exact) mass is 547 g/mol. The van der Waals surface area contributed by atoms with Crippen LogP contribution in [0.4, 0.5) is 0 Å². The lowest BCUT2D eigenvalue weighted by Crippen LogP contribution is -2.79. The first-order valence-electron chi connectivity index (χ1n) is 12.0. The van der Waals surface area contributed by atoms with E-state index in [-0.39, 0.29) is 66.7 Å². The zero-order valence-corrected chi connectivity index (χ0v) is 20.9. The van der Waals surface area contributed by atoms with Crippen molar-refractivity contribution in [3.63, 3.8) is 0 Å². The highest BCUT2D eigenvalue weighted by Gasteiger charge is 2.75. The van der Waals surface area contributed by atoms with Gasteiger partial charge in [0.2, 0.25) is 23.3 Å². The van der Waals surface area contributed by atoms with Gasteiger partial charge in [-0.25, -0.2) is 18.0 Å². The lowest BCUT2D eigenvalue weighted by molar-refractivity contribution is -0.623. The van der Waals surface area contributed by atoms with Gasteiger partial charge in [0.25, 0.3) is 5.91 Å². The Bertz CT molecular complexity index is 1460. The van der Waals surface area contributed by atoms with E-state index in [1.807, 2.05) is 0 Å². The first-order chi connectivity index (χ1) is 17.8. The minimum atomic E-state index is -3.39. The molecule has 1 aromatic carbocycles. The molecule has 3 amide bonds. The van der Waals surface area contributed by atoms with Crippen molar-refractivity contribution in [3.05, 3.63) is 34.9 Å². The molecular formula is C22H27N8O7S+. The molecule has 0 radical (unpaired) electrons. The molecule has 202 valence electrons. The number of sulfone groups is 1. The molecule has 38 heavy (non-hydrogen) atoms. The van der Waals surface area contributed by atoms with Gasteiger partial charge in [-0.15, -0.1) is 0 Å². The van der Waals surface area contributed by atoms with Gasteiger partial charge in [-0.2, -0.15) is 0 Å². The molecule has 9 N–H and O–H groups in total. The second kappa shape index (κ2) is 7.87. The fourth-order valence-electron chi connectivity index (χ4n) is 6.23. The quantitative estimate of drug-likeness (QED) is 0.108. The third-order valence-electron chi connectivity index (χ3n) is 7.96. The predicted octanol–water partition coefficient (Wildman–Crippen LogP) is -4.66. The van der Waals surface area contributed by atoms with E-state index in [1.54, 1.807) is 12.1 Å². The van der Waals surface area contributed by atoms with Crippen molar-refractivity contribution in [2.24, 2.45) is 16.5 Å². The van der Waals surface area contributed by atoms with Crippen LogP contribution in [-0.4, -0.2) is 100 Å². The van der Waals surface area contributed by atoms with E-state index in [9.17, 15) is 33.0 Å². The van der Waals surface area contributed by atoms with Crippen LogP contribution in [-0.2, 0) is 30.9 Å². The van der Waals surface area contributed by atoms with Gasteiger partial charge in [0.1, 0.15) is 18.1 Å². The molecule has 5 heterocycles. The molecule has 2 fully saturated rings. The van der Waals surface area contributed by atoms with E-state index in [1.165, 1.54) is 10.6 Å². The number of carbonyl (C=O) groups is 3. The Morgan fingerprint density at radius 1 is 1.21 bits per heavy atom. The summed E-state index contributed by atoms with van der Waals surface area (Å²) in [6, 6.07) is 1.51. The number of rotatable bonds is 4. The van der Waals surface area contributed by atoms with E-state index >= 15 is 0 Å². The van der Waals surface area contributed by atoms with E-state index in [4.69, 9.17) is 11.5 Å². The van der Waals surface area contributed by atoms with Crippen LogP contribution in [0.15, 0.2) is 23.2 Å². The number of aliphatic imine (C=N–C) groups is 1. The number of nitrogens with zero attached hydrogens (tertiary/aromatic N) is 3. The van der Waals surface area contributed by atoms with Gasteiger partial charge in [0.15, 0.2) is 15.8 Å². The molecule has 2 saturated heterocycles. The van der Waals surface area contributed by atoms with Crippen LogP contribution in [0.5, 0.6) is 0 Å². The summed E-state index contributed by atoms with van der Waals surface area (Å²) in [5.74, 6) is -4.68. The average Bonchev–Trinajstić information content (AvgIpc) is 3.52. The highest BCUT2D eigenvalue weighted by atomic mass is 32.2. The maximum atomic E-state index is 13.3. The van der Waals surface area contributed by atoms with Crippen molar-refractivity contribution in [3.8, 4) is 0 Å². The van der Waals surface area contributed by atoms with Gasteiger partial charge in [-0.3, -0.25) is 30.3 Å². The number of guanidine groups is 2. The van der Waals surface area contributed by atoms with Crippen LogP contribution in [0.25, 0.3) is 0 Å². The Morgan fingerprint density at radius 2 is 1.92 bits per heavy atom. The fraction of sp³-hybridized carbons (Fsp3) is 0.500. The Hall–Kier alpha value is -3.76. The van der Waals surface area contributed by atoms with Crippen LogP contribution in [0, 0.1) is 0 Å². The second-order valence-electron chi connectivity index (χ2n) is 10.2. The number of aliphatic hydroxyl groups is 2. The first-order valence-corrected chi connectivity index (χ1v) is 13.8. The Labute approximate surface area is 216 Å². The Balaban J connectivity index is 1.32. The van der Waals surface area contributed by atoms with Crippen LogP contribution in [0.1, 0.15) is 34.3 Å². The van der Waals surface area contributed by atoms with Crippen molar-refractivity contribution in [2.75, 3.05) is 13.1 Å². The molecule has 5 aliphatic rings. The zero-order valence-electron chi connectivity index (χ0n) is 20.0. The third kappa shape index (κ3) is 3.33. The molecule has 5 aliphatic heterocycles. The number of imide groups is 1. The van der Waals surface area contributed by atoms with Crippen molar-refractivity contribution >= 4 is 39.5 Å². The first kappa shape index (κ1) is 24.6. The number of carbonyl (C=O) groups excluding carboxylic acids is 3. The van der Waals surface area contributed by atoms with Gasteiger partial charge in [0.05, 0.1) is 24.6 Å². The summed E-state index contributed by atoms with van der Waals surface area (Å²) in [5, 5.41) is 31.6. The SMILES string of the molecule is NC1=N[C@H]2[C@H](CN3C(=O)CCC3=O)NC(N)=[N+]3CC(NC(=O)c4cccc5c4CS(=O)(=O)C5)C(O)(O)[C@]23N1. The molecule has 1 aromatic rings. The minimum absolute atomic E-state index is 0.00124. The summed E-state index contributed by atoms with van der Waals surface area (Å²) >= 11 is 0. The summed E-state index contributed by atoms with van der Waals surface area (Å²) in [6.07, 6.45) is 0.164. The molecule has 1 unspecified atom stereocenters. The van der Waals surface area contributed by atoms with E-state index in [0.717, 1.165) is 4.90 Å². The number of fused-ring (bicyclic) bond motifs is 1. The number of likely N-dealkylation sites (tertiary alicyclic amines) is 1. The third-order valence-corrected chi connectivity index (χ3v) is 9.44. The molecule has 0 aliphatic carbocycles. The molecular weight excluding hydrogens is 520 g/mol. The van der Waals surface area contributed by atoms with Crippen molar-refractivity contribution in [1.82, 2.24) is 20.9 Å². The highest BCUT2D eigenvalue weighted by Crippen LogP contribution is 2.42. The number of nitrogens with one attached hydrogen (secondary N) is 3. The lowest BCUT2D eigenvalue weighted by atomic mass is 9.85. The van der Waals surface area contributed by atoms with Crippen LogP contribution in [0.3, 0.4) is 0 Å². The van der Waals surface area contributed by atoms with Gasteiger partial charge < -0.3 is 26.6 Å². The molecule has 0 saturated carbocycles. The van der Waals surface area contributed by atoms with E-state index < -0.39 is 45.3 Å². The molecule has 6 rings (SSSR count). The maximum Gasteiger partial charge on any atom is 0.346 e. The molecule has 4 atom stereocenters. The standard InChI is InChI=1S/C22H26N8O7S/c23-19-27-17-13(6-29-15(31)4-5-16(29)32)25-20(24)30-7-14(22(34,35)21(17,30)28-19)26-18(33)11-3-1-2-10-8-38(36,37)9-12(10)11/h1-3,13-14,17,34-35H,4-9H2,(H6,23,24,25,26,27,28,33)/p+1/t13-,14?,17-,21-/m0/s1. The molecule has 0 bridgehead atoms. The predicted molar refractivity (Wildman–Crippen MR) is 130 cm³/mol. The van der Waals surface area contributed by atoms with E-state index in [2.05, 4.69) is 20.9 Å². The molecule has 0 aromatic heterocycles. The molecule has 1 spiro atoms. The summed E-state index contributed by atoms with van der Waals surface area (Å²) in [5.41, 5.74) is 11.5. The Kier molecular flexibility index (Phi) is 5.09. The van der Waals surface area contributed by atoms with Gasteiger partial charge in [-0.1, -0.05) is 12.1 Å². The van der Waals surface area contributed by atoms with Crippen LogP contribution in [0.2, 0.25) is 0 Å². The number of benzene rings is 1. The van der Waals surface area contributed by atoms with E-state index in [0.29, 0.717) is 11.1 Å². The summed E-state index contributed by atoms with van der Waals surface area (Å²) in [6.45, 7) is -0.305. The highest BCUT2D eigenvalue weighted by molar-refractivity contribution is 7.90. The van der Waals surface area contributed by atoms with Gasteiger partial charge in [-0.05, 0) is 17.2 Å². The zero-order chi connectivity index (χ0) is 27.2. The van der Waals surface area contributed by atoms with Crippen molar-refractivity contribution < 1.29 is 37.6 Å². The molecule has 15 nitrogen and oxygen atoms in total. The summed E-state index contributed by atoms with van der Waals surface area (Å²) in [4.78, 5) is 43.2. The van der Waals surface area contributed by atoms with Crippen molar-refractivity contribution in [2.45, 2.75) is 53.9 Å². The normalized spacial score (nSPS) is 32.3. The van der Waals surface area contributed by atoms with Crippen molar-refractivity contribution in [1.29, 1.82) is 0 Å². The maximum absolute atomic E-state index is 13.3. The van der Waals surface area contributed by atoms with Gasteiger partial charge in [0, 0.05) is 18.4 Å². The molecule has 16 heteroatoms. The average molecular weight is 548 g/mol. The Morgan fingerprint density at radius 3 is 2.63 bits per heavy atom.